The maximum atomic E-state index is 13.8. The summed E-state index contributed by atoms with van der Waals surface area (Å²) in [7, 11) is 2.69. The third kappa shape index (κ3) is 5.74. The first-order valence-electron chi connectivity index (χ1n) is 8.98. The predicted molar refractivity (Wildman–Crippen MR) is 105 cm³/mol. The van der Waals surface area contributed by atoms with Gasteiger partial charge in [-0.25, -0.2) is 9.18 Å². The van der Waals surface area contributed by atoms with E-state index < -0.39 is 11.8 Å². The Hall–Kier alpha value is -3.02. The lowest BCUT2D eigenvalue weighted by atomic mass is 10.0. The van der Waals surface area contributed by atoms with Crippen LogP contribution >= 0.6 is 0 Å². The summed E-state index contributed by atoms with van der Waals surface area (Å²) in [5, 5.41) is 0. The average molecular weight is 388 g/mol. The Labute approximate surface area is 164 Å². The van der Waals surface area contributed by atoms with Crippen molar-refractivity contribution in [3.05, 3.63) is 65.7 Å². The summed E-state index contributed by atoms with van der Waals surface area (Å²) in [5.74, 6) is 0.341. The molecule has 150 valence electrons. The summed E-state index contributed by atoms with van der Waals surface area (Å²) in [4.78, 5) is 12.0. The average Bonchev–Trinajstić information content (AvgIpc) is 2.71. The fourth-order valence-corrected chi connectivity index (χ4v) is 2.48. The Morgan fingerprint density at radius 1 is 1.11 bits per heavy atom. The molecule has 0 amide bonds. The highest BCUT2D eigenvalue weighted by atomic mass is 19.1. The third-order valence-electron chi connectivity index (χ3n) is 4.13. The smallest absolute Gasteiger partial charge is 0.341 e. The predicted octanol–water partition coefficient (Wildman–Crippen LogP) is 4.74. The molecule has 0 bridgehead atoms. The van der Waals surface area contributed by atoms with E-state index in [1.165, 1.54) is 38.7 Å². The molecule has 0 aromatic heterocycles. The Bertz CT molecular complexity index is 814. The Balaban J connectivity index is 2.19. The summed E-state index contributed by atoms with van der Waals surface area (Å²) in [5.41, 5.74) is 1.15. The number of methoxy groups -OCH3 is 2. The van der Waals surface area contributed by atoms with Crippen LogP contribution in [0.25, 0.3) is 5.57 Å². The van der Waals surface area contributed by atoms with E-state index in [1.807, 2.05) is 19.1 Å². The minimum Gasteiger partial charge on any atom is -0.503 e. The minimum absolute atomic E-state index is 0.0662. The van der Waals surface area contributed by atoms with Gasteiger partial charge < -0.3 is 18.9 Å². The van der Waals surface area contributed by atoms with Crippen LogP contribution in [0.2, 0.25) is 0 Å². The number of benzene rings is 2. The fraction of sp³-hybridized carbons (Fsp3) is 0.318. The van der Waals surface area contributed by atoms with Gasteiger partial charge in [0.15, 0.2) is 0 Å². The van der Waals surface area contributed by atoms with Crippen molar-refractivity contribution in [2.24, 2.45) is 0 Å². The highest BCUT2D eigenvalue weighted by molar-refractivity contribution is 6.16. The van der Waals surface area contributed by atoms with Crippen molar-refractivity contribution in [3.8, 4) is 11.5 Å². The first kappa shape index (κ1) is 21.3. The second kappa shape index (κ2) is 10.3. The second-order valence-corrected chi connectivity index (χ2v) is 6.16. The van der Waals surface area contributed by atoms with Crippen LogP contribution < -0.4 is 9.47 Å². The van der Waals surface area contributed by atoms with E-state index in [2.05, 4.69) is 6.92 Å². The molecule has 0 aliphatic heterocycles. The maximum absolute atomic E-state index is 13.8. The van der Waals surface area contributed by atoms with Crippen molar-refractivity contribution >= 4 is 11.5 Å². The van der Waals surface area contributed by atoms with Crippen LogP contribution in [-0.2, 0) is 20.9 Å². The van der Waals surface area contributed by atoms with E-state index >= 15 is 0 Å². The molecular weight excluding hydrogens is 363 g/mol. The SMILES string of the molecule is CCC(C)Oc1ccc(OCc2cc(F)ccc2C(=COC)C(=O)OC)cc1. The molecule has 1 atom stereocenters. The summed E-state index contributed by atoms with van der Waals surface area (Å²) in [6.07, 6.45) is 2.31. The zero-order valence-electron chi connectivity index (χ0n) is 16.5. The van der Waals surface area contributed by atoms with Crippen molar-refractivity contribution in [2.45, 2.75) is 33.0 Å². The first-order chi connectivity index (χ1) is 13.5. The first-order valence-corrected chi connectivity index (χ1v) is 8.98. The summed E-state index contributed by atoms with van der Waals surface area (Å²) < 4.78 is 35.0. The topological polar surface area (TPSA) is 54.0 Å². The van der Waals surface area contributed by atoms with Gasteiger partial charge in [-0.15, -0.1) is 0 Å². The fourth-order valence-electron chi connectivity index (χ4n) is 2.48. The molecule has 0 saturated carbocycles. The van der Waals surface area contributed by atoms with Gasteiger partial charge in [0.2, 0.25) is 0 Å². The molecule has 0 N–H and O–H groups in total. The number of hydrogen-bond donors (Lipinski definition) is 0. The number of ether oxygens (including phenoxy) is 4. The van der Waals surface area contributed by atoms with Crippen LogP contribution in [-0.4, -0.2) is 26.3 Å². The van der Waals surface area contributed by atoms with E-state index in [-0.39, 0.29) is 18.3 Å². The van der Waals surface area contributed by atoms with Crippen LogP contribution in [0.5, 0.6) is 11.5 Å². The largest absolute Gasteiger partial charge is 0.503 e. The minimum atomic E-state index is -0.582. The van der Waals surface area contributed by atoms with Gasteiger partial charge in [-0.3, -0.25) is 0 Å². The van der Waals surface area contributed by atoms with Crippen molar-refractivity contribution in [1.82, 2.24) is 0 Å². The van der Waals surface area contributed by atoms with E-state index in [0.717, 1.165) is 12.2 Å². The van der Waals surface area contributed by atoms with Gasteiger partial charge in [-0.2, -0.15) is 0 Å². The van der Waals surface area contributed by atoms with Gasteiger partial charge in [0.05, 0.1) is 26.6 Å². The molecule has 2 rings (SSSR count). The molecule has 5 nitrogen and oxygen atoms in total. The van der Waals surface area contributed by atoms with Crippen LogP contribution in [0.15, 0.2) is 48.7 Å². The lowest BCUT2D eigenvalue weighted by molar-refractivity contribution is -0.133. The molecule has 0 saturated heterocycles. The number of carbonyl (C=O) groups is 1. The Kier molecular flexibility index (Phi) is 7.87. The molecule has 2 aromatic carbocycles. The van der Waals surface area contributed by atoms with Gasteiger partial charge in [0.25, 0.3) is 0 Å². The molecular formula is C22H25FO5. The second-order valence-electron chi connectivity index (χ2n) is 6.16. The number of carbonyl (C=O) groups excluding carboxylic acids is 1. The number of esters is 1. The van der Waals surface area contributed by atoms with Crippen molar-refractivity contribution in [3.63, 3.8) is 0 Å². The standard InChI is InChI=1S/C22H25FO5/c1-5-15(2)28-19-9-7-18(8-10-19)27-13-16-12-17(23)6-11-20(16)21(14-25-3)22(24)26-4/h6-12,14-15H,5,13H2,1-4H3. The van der Waals surface area contributed by atoms with E-state index in [9.17, 15) is 9.18 Å². The van der Waals surface area contributed by atoms with E-state index in [0.29, 0.717) is 16.9 Å². The van der Waals surface area contributed by atoms with Gasteiger partial charge in [-0.05, 0) is 55.3 Å². The number of rotatable bonds is 9. The summed E-state index contributed by atoms with van der Waals surface area (Å²) in [6, 6.07) is 11.3. The van der Waals surface area contributed by atoms with Crippen LogP contribution in [0.3, 0.4) is 0 Å². The van der Waals surface area contributed by atoms with Gasteiger partial charge in [0, 0.05) is 5.56 Å². The molecule has 0 radical (unpaired) electrons. The molecule has 1 unspecified atom stereocenters. The number of hydrogen-bond acceptors (Lipinski definition) is 5. The van der Waals surface area contributed by atoms with Crippen LogP contribution in [0, 0.1) is 5.82 Å². The molecule has 6 heteroatoms. The van der Waals surface area contributed by atoms with E-state index in [1.54, 1.807) is 12.1 Å². The van der Waals surface area contributed by atoms with Crippen molar-refractivity contribution in [2.75, 3.05) is 14.2 Å². The molecule has 28 heavy (non-hydrogen) atoms. The van der Waals surface area contributed by atoms with Gasteiger partial charge in [0.1, 0.15) is 29.5 Å². The molecule has 2 aromatic rings. The van der Waals surface area contributed by atoms with Crippen molar-refractivity contribution < 1.29 is 28.1 Å². The summed E-state index contributed by atoms with van der Waals surface area (Å²) in [6.45, 7) is 4.12. The number of halogens is 1. The maximum Gasteiger partial charge on any atom is 0.341 e. The lowest BCUT2D eigenvalue weighted by Crippen LogP contribution is -2.09. The highest BCUT2D eigenvalue weighted by Gasteiger charge is 2.18. The molecule has 0 spiro atoms. The van der Waals surface area contributed by atoms with Gasteiger partial charge in [-0.1, -0.05) is 13.0 Å². The quantitative estimate of drug-likeness (QED) is 0.353. The van der Waals surface area contributed by atoms with Crippen LogP contribution in [0.4, 0.5) is 4.39 Å². The zero-order valence-corrected chi connectivity index (χ0v) is 16.5. The molecule has 0 fully saturated rings. The molecule has 0 aliphatic rings. The van der Waals surface area contributed by atoms with Gasteiger partial charge >= 0.3 is 5.97 Å². The Morgan fingerprint density at radius 3 is 2.39 bits per heavy atom. The monoisotopic (exact) mass is 388 g/mol. The highest BCUT2D eigenvalue weighted by Crippen LogP contribution is 2.25. The third-order valence-corrected chi connectivity index (χ3v) is 4.13. The summed E-state index contributed by atoms with van der Waals surface area (Å²) >= 11 is 0. The molecule has 0 aliphatic carbocycles. The van der Waals surface area contributed by atoms with E-state index in [4.69, 9.17) is 18.9 Å². The lowest BCUT2D eigenvalue weighted by Gasteiger charge is -2.14. The Morgan fingerprint density at radius 2 is 1.79 bits per heavy atom. The normalized spacial score (nSPS) is 12.2. The van der Waals surface area contributed by atoms with Crippen LogP contribution in [0.1, 0.15) is 31.4 Å². The zero-order chi connectivity index (χ0) is 20.5. The van der Waals surface area contributed by atoms with Crippen molar-refractivity contribution in [1.29, 1.82) is 0 Å². The molecule has 0 heterocycles.